The normalized spacial score (nSPS) is 10.1. The molecule has 0 aliphatic carbocycles. The summed E-state index contributed by atoms with van der Waals surface area (Å²) >= 11 is 0. The predicted octanol–water partition coefficient (Wildman–Crippen LogP) is 1.91. The Balaban J connectivity index is 2.02. The lowest BCUT2D eigenvalue weighted by Gasteiger charge is -2.08. The van der Waals surface area contributed by atoms with Crippen molar-refractivity contribution in [3.05, 3.63) is 51.9 Å². The van der Waals surface area contributed by atoms with Crippen LogP contribution in [-0.4, -0.2) is 22.4 Å². The predicted molar refractivity (Wildman–Crippen MR) is 71.9 cm³/mol. The first-order valence-electron chi connectivity index (χ1n) is 6.21. The Kier molecular flexibility index (Phi) is 4.50. The van der Waals surface area contributed by atoms with Crippen LogP contribution in [0.4, 0.5) is 5.88 Å². The van der Waals surface area contributed by atoms with E-state index in [1.165, 1.54) is 6.07 Å². The van der Waals surface area contributed by atoms with Gasteiger partial charge in [0.1, 0.15) is 4.92 Å². The Hall–Kier alpha value is -2.90. The van der Waals surface area contributed by atoms with Crippen molar-refractivity contribution in [3.63, 3.8) is 0 Å². The zero-order valence-corrected chi connectivity index (χ0v) is 11.2. The number of nitrogens with one attached hydrogen (secondary N) is 1. The van der Waals surface area contributed by atoms with E-state index >= 15 is 0 Å². The number of nitrogens with zero attached hydrogens (tertiary/aromatic N) is 2. The van der Waals surface area contributed by atoms with Crippen LogP contribution in [0.15, 0.2) is 34.9 Å². The van der Waals surface area contributed by atoms with Crippen LogP contribution in [0.5, 0.6) is 5.88 Å². The van der Waals surface area contributed by atoms with E-state index in [0.29, 0.717) is 18.1 Å². The second kappa shape index (κ2) is 6.51. The van der Waals surface area contributed by atoms with Gasteiger partial charge in [0.05, 0.1) is 12.7 Å². The van der Waals surface area contributed by atoms with Crippen LogP contribution in [0, 0.1) is 10.1 Å². The van der Waals surface area contributed by atoms with Gasteiger partial charge < -0.3 is 14.5 Å². The summed E-state index contributed by atoms with van der Waals surface area (Å²) in [5.41, 5.74) is 0.703. The number of rotatable bonds is 6. The molecule has 2 heterocycles. The van der Waals surface area contributed by atoms with Gasteiger partial charge in [-0.1, -0.05) is 6.07 Å². The zero-order chi connectivity index (χ0) is 15.2. The van der Waals surface area contributed by atoms with Gasteiger partial charge in [0.2, 0.25) is 5.88 Å². The molecule has 0 bridgehead atoms. The molecule has 2 aromatic heterocycles. The van der Waals surface area contributed by atoms with Gasteiger partial charge in [-0.05, 0) is 19.1 Å². The van der Waals surface area contributed by atoms with Crippen LogP contribution in [0.1, 0.15) is 23.0 Å². The lowest BCUT2D eigenvalue weighted by molar-refractivity contribution is -0.402. The van der Waals surface area contributed by atoms with Gasteiger partial charge in [0.15, 0.2) is 5.76 Å². The molecule has 0 aliphatic heterocycles. The highest BCUT2D eigenvalue weighted by Gasteiger charge is 2.17. The fourth-order valence-corrected chi connectivity index (χ4v) is 1.64. The van der Waals surface area contributed by atoms with E-state index in [-0.39, 0.29) is 12.3 Å². The van der Waals surface area contributed by atoms with Crippen LogP contribution >= 0.6 is 0 Å². The van der Waals surface area contributed by atoms with E-state index in [1.807, 2.05) is 6.92 Å². The molecule has 0 aromatic carbocycles. The summed E-state index contributed by atoms with van der Waals surface area (Å²) < 4.78 is 10.2. The molecule has 0 saturated heterocycles. The van der Waals surface area contributed by atoms with Gasteiger partial charge in [0.25, 0.3) is 5.91 Å². The van der Waals surface area contributed by atoms with Crippen molar-refractivity contribution in [1.82, 2.24) is 10.3 Å². The SMILES string of the molecule is CCOc1ncccc1CNC(=O)c1ccc([N+](=O)[O-])o1. The Bertz CT molecular complexity index is 653. The number of hydrogen-bond acceptors (Lipinski definition) is 6. The summed E-state index contributed by atoms with van der Waals surface area (Å²) in [5, 5.41) is 13.1. The number of aromatic nitrogens is 1. The van der Waals surface area contributed by atoms with E-state index in [4.69, 9.17) is 9.15 Å². The van der Waals surface area contributed by atoms with Crippen molar-refractivity contribution >= 4 is 11.8 Å². The molecular weight excluding hydrogens is 278 g/mol. The molecule has 2 rings (SSSR count). The number of hydrogen-bond donors (Lipinski definition) is 1. The summed E-state index contributed by atoms with van der Waals surface area (Å²) in [6.45, 7) is 2.47. The highest BCUT2D eigenvalue weighted by molar-refractivity contribution is 5.91. The van der Waals surface area contributed by atoms with Gasteiger partial charge in [-0.15, -0.1) is 0 Å². The standard InChI is InChI=1S/C13H13N3O5/c1-2-20-13-9(4-3-7-14-13)8-15-12(17)10-5-6-11(21-10)16(18)19/h3-7H,2,8H2,1H3,(H,15,17). The minimum absolute atomic E-state index is 0.122. The summed E-state index contributed by atoms with van der Waals surface area (Å²) in [4.78, 5) is 25.7. The number of nitro groups is 1. The van der Waals surface area contributed by atoms with Gasteiger partial charge >= 0.3 is 5.88 Å². The first kappa shape index (κ1) is 14.5. The molecule has 0 unspecified atom stereocenters. The number of amides is 1. The zero-order valence-electron chi connectivity index (χ0n) is 11.2. The number of furan rings is 1. The Morgan fingerprint density at radius 3 is 2.95 bits per heavy atom. The monoisotopic (exact) mass is 291 g/mol. The Morgan fingerprint density at radius 2 is 2.29 bits per heavy atom. The van der Waals surface area contributed by atoms with Crippen LogP contribution in [0.25, 0.3) is 0 Å². The van der Waals surface area contributed by atoms with Crippen molar-refractivity contribution < 1.29 is 18.9 Å². The third-order valence-electron chi connectivity index (χ3n) is 2.57. The number of pyridine rings is 1. The Morgan fingerprint density at radius 1 is 1.48 bits per heavy atom. The van der Waals surface area contributed by atoms with Crippen molar-refractivity contribution in [2.45, 2.75) is 13.5 Å². The molecule has 0 saturated carbocycles. The third-order valence-corrected chi connectivity index (χ3v) is 2.57. The molecule has 2 aromatic rings. The fraction of sp³-hybridized carbons (Fsp3) is 0.231. The molecule has 1 N–H and O–H groups in total. The summed E-state index contributed by atoms with van der Waals surface area (Å²) in [6.07, 6.45) is 1.59. The van der Waals surface area contributed by atoms with Crippen LogP contribution in [0.2, 0.25) is 0 Å². The topological polar surface area (TPSA) is 108 Å². The van der Waals surface area contributed by atoms with Gasteiger partial charge in [-0.3, -0.25) is 14.9 Å². The maximum Gasteiger partial charge on any atom is 0.433 e. The number of carbonyl (C=O) groups excluding carboxylic acids is 1. The molecule has 0 aliphatic rings. The average Bonchev–Trinajstić information content (AvgIpc) is 2.96. The quantitative estimate of drug-likeness (QED) is 0.643. The highest BCUT2D eigenvalue weighted by Crippen LogP contribution is 2.17. The molecular formula is C13H13N3O5. The molecule has 110 valence electrons. The molecule has 8 nitrogen and oxygen atoms in total. The fourth-order valence-electron chi connectivity index (χ4n) is 1.64. The molecule has 0 fully saturated rings. The summed E-state index contributed by atoms with van der Waals surface area (Å²) in [5.74, 6) is -0.708. The summed E-state index contributed by atoms with van der Waals surface area (Å²) in [6, 6.07) is 5.87. The van der Waals surface area contributed by atoms with E-state index in [0.717, 1.165) is 6.07 Å². The van der Waals surface area contributed by atoms with E-state index < -0.39 is 16.7 Å². The van der Waals surface area contributed by atoms with Gasteiger partial charge in [-0.25, -0.2) is 4.98 Å². The molecule has 0 atom stereocenters. The van der Waals surface area contributed by atoms with Gasteiger partial charge in [-0.2, -0.15) is 0 Å². The average molecular weight is 291 g/mol. The van der Waals surface area contributed by atoms with Crippen molar-refractivity contribution in [3.8, 4) is 5.88 Å². The first-order valence-corrected chi connectivity index (χ1v) is 6.21. The second-order valence-electron chi connectivity index (χ2n) is 3.98. The maximum atomic E-state index is 11.8. The molecule has 0 spiro atoms. The minimum atomic E-state index is -0.703. The summed E-state index contributed by atoms with van der Waals surface area (Å²) in [7, 11) is 0. The van der Waals surface area contributed by atoms with Crippen LogP contribution in [0.3, 0.4) is 0 Å². The Labute approximate surface area is 119 Å². The maximum absolute atomic E-state index is 11.8. The van der Waals surface area contributed by atoms with Crippen LogP contribution in [-0.2, 0) is 6.54 Å². The molecule has 21 heavy (non-hydrogen) atoms. The largest absolute Gasteiger partial charge is 0.478 e. The molecule has 0 radical (unpaired) electrons. The minimum Gasteiger partial charge on any atom is -0.478 e. The number of ether oxygens (including phenoxy) is 1. The van der Waals surface area contributed by atoms with Crippen molar-refractivity contribution in [1.29, 1.82) is 0 Å². The van der Waals surface area contributed by atoms with E-state index in [9.17, 15) is 14.9 Å². The van der Waals surface area contributed by atoms with Gasteiger partial charge in [0, 0.05) is 18.3 Å². The smallest absolute Gasteiger partial charge is 0.433 e. The number of carbonyl (C=O) groups is 1. The lowest BCUT2D eigenvalue weighted by Crippen LogP contribution is -2.22. The highest BCUT2D eigenvalue weighted by atomic mass is 16.6. The lowest BCUT2D eigenvalue weighted by atomic mass is 10.2. The first-order chi connectivity index (χ1) is 10.1. The molecule has 8 heteroatoms. The van der Waals surface area contributed by atoms with E-state index in [2.05, 4.69) is 10.3 Å². The second-order valence-corrected chi connectivity index (χ2v) is 3.98. The third kappa shape index (κ3) is 3.56. The van der Waals surface area contributed by atoms with E-state index in [1.54, 1.807) is 18.3 Å². The van der Waals surface area contributed by atoms with Crippen LogP contribution < -0.4 is 10.1 Å². The molecule has 1 amide bonds. The van der Waals surface area contributed by atoms with Crippen molar-refractivity contribution in [2.24, 2.45) is 0 Å². The van der Waals surface area contributed by atoms with Crippen molar-refractivity contribution in [2.75, 3.05) is 6.61 Å².